The summed E-state index contributed by atoms with van der Waals surface area (Å²) in [5.41, 5.74) is 1.80. The monoisotopic (exact) mass is 275 g/mol. The molecule has 1 aromatic heterocycles. The van der Waals surface area contributed by atoms with Crippen LogP contribution in [0.25, 0.3) is 10.9 Å². The minimum atomic E-state index is -0.195. The van der Waals surface area contributed by atoms with E-state index in [1.165, 1.54) is 0 Å². The molecule has 1 aromatic carbocycles. The lowest BCUT2D eigenvalue weighted by molar-refractivity contribution is 0.0775. The Morgan fingerprint density at radius 2 is 2.15 bits per heavy atom. The summed E-state index contributed by atoms with van der Waals surface area (Å²) in [5, 5.41) is 6.66. The van der Waals surface area contributed by atoms with Crippen LogP contribution < -0.4 is 10.6 Å². The van der Waals surface area contributed by atoms with Gasteiger partial charge in [-0.15, -0.1) is 0 Å². The number of ether oxygens (including phenoxy) is 1. The van der Waals surface area contributed by atoms with Crippen molar-refractivity contribution in [2.75, 3.05) is 18.5 Å². The van der Waals surface area contributed by atoms with Gasteiger partial charge in [-0.3, -0.25) is 0 Å². The number of carbonyl (C=O) groups is 1. The van der Waals surface area contributed by atoms with Crippen molar-refractivity contribution in [1.82, 2.24) is 10.3 Å². The van der Waals surface area contributed by atoms with E-state index in [2.05, 4.69) is 15.6 Å². The number of para-hydroxylation sites is 1. The molecule has 0 atom stereocenters. The van der Waals surface area contributed by atoms with Gasteiger partial charge in [0.25, 0.3) is 0 Å². The van der Waals surface area contributed by atoms with E-state index < -0.39 is 0 Å². The first-order chi connectivity index (χ1) is 9.66. The molecule has 2 aromatic rings. The predicted molar refractivity (Wildman–Crippen MR) is 81.0 cm³/mol. The smallest absolute Gasteiger partial charge is 0.319 e. The summed E-state index contributed by atoms with van der Waals surface area (Å²) in [6.45, 7) is 5.25. The zero-order valence-electron chi connectivity index (χ0n) is 11.9. The Kier molecular flexibility index (Phi) is 5.01. The van der Waals surface area contributed by atoms with Crippen molar-refractivity contribution >= 4 is 22.6 Å². The largest absolute Gasteiger partial charge is 0.379 e. The van der Waals surface area contributed by atoms with Gasteiger partial charge in [0.15, 0.2) is 0 Å². The maximum absolute atomic E-state index is 11.8. The van der Waals surface area contributed by atoms with Gasteiger partial charge < -0.3 is 20.4 Å². The number of hydrogen-bond donors (Lipinski definition) is 3. The molecule has 0 aliphatic carbocycles. The van der Waals surface area contributed by atoms with Crippen molar-refractivity contribution in [1.29, 1.82) is 0 Å². The number of fused-ring (bicyclic) bond motifs is 1. The molecule has 2 amide bonds. The van der Waals surface area contributed by atoms with Gasteiger partial charge in [-0.25, -0.2) is 4.79 Å². The van der Waals surface area contributed by atoms with E-state index in [0.29, 0.717) is 13.2 Å². The highest BCUT2D eigenvalue weighted by Gasteiger charge is 2.06. The van der Waals surface area contributed by atoms with Gasteiger partial charge in [0.1, 0.15) is 0 Å². The van der Waals surface area contributed by atoms with Crippen LogP contribution in [0, 0.1) is 0 Å². The number of amides is 2. The number of benzene rings is 1. The van der Waals surface area contributed by atoms with Gasteiger partial charge in [-0.05, 0) is 26.3 Å². The lowest BCUT2D eigenvalue weighted by Gasteiger charge is -2.09. The van der Waals surface area contributed by atoms with Crippen LogP contribution >= 0.6 is 0 Å². The first-order valence-corrected chi connectivity index (χ1v) is 6.89. The average molecular weight is 275 g/mol. The molecule has 5 nitrogen and oxygen atoms in total. The van der Waals surface area contributed by atoms with E-state index in [-0.39, 0.29) is 12.1 Å². The zero-order chi connectivity index (χ0) is 14.4. The predicted octanol–water partition coefficient (Wildman–Crippen LogP) is 3.10. The molecule has 0 unspecified atom stereocenters. The molecule has 0 saturated carbocycles. The van der Waals surface area contributed by atoms with Gasteiger partial charge in [0, 0.05) is 30.3 Å². The van der Waals surface area contributed by atoms with Crippen molar-refractivity contribution in [3.8, 4) is 0 Å². The average Bonchev–Trinajstić information content (AvgIpc) is 2.81. The Balaban J connectivity index is 1.77. The highest BCUT2D eigenvalue weighted by atomic mass is 16.5. The molecular weight excluding hydrogens is 254 g/mol. The van der Waals surface area contributed by atoms with Crippen molar-refractivity contribution in [3.63, 3.8) is 0 Å². The molecule has 1 heterocycles. The third-order valence-electron chi connectivity index (χ3n) is 2.90. The van der Waals surface area contributed by atoms with Gasteiger partial charge in [-0.2, -0.15) is 0 Å². The molecule has 0 aliphatic rings. The standard InChI is InChI=1S/C15H21N3O2/c1-11(2)20-9-5-8-16-15(19)18-14-10-17-13-7-4-3-6-12(13)14/h3-4,6-7,10-11,17H,5,8-9H2,1-2H3,(H2,16,18,19). The quantitative estimate of drug-likeness (QED) is 0.709. The summed E-state index contributed by atoms with van der Waals surface area (Å²) in [6, 6.07) is 7.65. The highest BCUT2D eigenvalue weighted by Crippen LogP contribution is 2.22. The minimum absolute atomic E-state index is 0.195. The first kappa shape index (κ1) is 14.4. The van der Waals surface area contributed by atoms with E-state index in [1.807, 2.05) is 38.1 Å². The second-order valence-electron chi connectivity index (χ2n) is 4.90. The number of carbonyl (C=O) groups excluding carboxylic acids is 1. The van der Waals surface area contributed by atoms with E-state index in [4.69, 9.17) is 4.74 Å². The fraction of sp³-hybridized carbons (Fsp3) is 0.400. The molecule has 2 rings (SSSR count). The molecule has 0 aliphatic heterocycles. The summed E-state index contributed by atoms with van der Waals surface area (Å²) in [6.07, 6.45) is 2.83. The van der Waals surface area contributed by atoms with Crippen LogP contribution in [0.3, 0.4) is 0 Å². The van der Waals surface area contributed by atoms with Crippen LogP contribution in [0.4, 0.5) is 10.5 Å². The summed E-state index contributed by atoms with van der Waals surface area (Å²) in [4.78, 5) is 14.9. The second kappa shape index (κ2) is 6.96. The van der Waals surface area contributed by atoms with E-state index >= 15 is 0 Å². The second-order valence-corrected chi connectivity index (χ2v) is 4.90. The molecule has 0 saturated heterocycles. The van der Waals surface area contributed by atoms with Gasteiger partial charge in [-0.1, -0.05) is 18.2 Å². The molecule has 0 spiro atoms. The molecule has 20 heavy (non-hydrogen) atoms. The minimum Gasteiger partial charge on any atom is -0.379 e. The third kappa shape index (κ3) is 3.99. The van der Waals surface area contributed by atoms with Crippen LogP contribution in [0.15, 0.2) is 30.5 Å². The first-order valence-electron chi connectivity index (χ1n) is 6.89. The van der Waals surface area contributed by atoms with Gasteiger partial charge in [0.05, 0.1) is 11.8 Å². The van der Waals surface area contributed by atoms with Crippen molar-refractivity contribution in [2.24, 2.45) is 0 Å². The number of urea groups is 1. The fourth-order valence-corrected chi connectivity index (χ4v) is 1.93. The van der Waals surface area contributed by atoms with Crippen molar-refractivity contribution in [2.45, 2.75) is 26.4 Å². The fourth-order valence-electron chi connectivity index (χ4n) is 1.93. The molecular formula is C15H21N3O2. The van der Waals surface area contributed by atoms with Crippen LogP contribution in [0.1, 0.15) is 20.3 Å². The topological polar surface area (TPSA) is 66.2 Å². The maximum atomic E-state index is 11.8. The third-order valence-corrected chi connectivity index (χ3v) is 2.90. The Hall–Kier alpha value is -2.01. The Morgan fingerprint density at radius 3 is 2.95 bits per heavy atom. The number of rotatable bonds is 6. The lowest BCUT2D eigenvalue weighted by atomic mass is 10.2. The molecule has 0 fully saturated rings. The molecule has 5 heteroatoms. The van der Waals surface area contributed by atoms with Crippen LogP contribution in [-0.4, -0.2) is 30.3 Å². The maximum Gasteiger partial charge on any atom is 0.319 e. The Labute approximate surface area is 118 Å². The molecule has 0 radical (unpaired) electrons. The Morgan fingerprint density at radius 1 is 1.35 bits per heavy atom. The van der Waals surface area contributed by atoms with Crippen LogP contribution in [0.5, 0.6) is 0 Å². The number of aromatic nitrogens is 1. The lowest BCUT2D eigenvalue weighted by Crippen LogP contribution is -2.30. The van der Waals surface area contributed by atoms with Crippen LogP contribution in [-0.2, 0) is 4.74 Å². The normalized spacial score (nSPS) is 10.9. The summed E-state index contributed by atoms with van der Waals surface area (Å²) >= 11 is 0. The van der Waals surface area contributed by atoms with Gasteiger partial charge in [0.2, 0.25) is 0 Å². The molecule has 0 bridgehead atoms. The molecule has 3 N–H and O–H groups in total. The summed E-state index contributed by atoms with van der Waals surface area (Å²) in [7, 11) is 0. The summed E-state index contributed by atoms with van der Waals surface area (Å²) in [5.74, 6) is 0. The van der Waals surface area contributed by atoms with E-state index in [9.17, 15) is 4.79 Å². The van der Waals surface area contributed by atoms with E-state index in [1.54, 1.807) is 6.20 Å². The van der Waals surface area contributed by atoms with Crippen molar-refractivity contribution in [3.05, 3.63) is 30.5 Å². The number of nitrogens with one attached hydrogen (secondary N) is 3. The SMILES string of the molecule is CC(C)OCCCNC(=O)Nc1c[nH]c2ccccc12. The van der Waals surface area contributed by atoms with Crippen LogP contribution in [0.2, 0.25) is 0 Å². The van der Waals surface area contributed by atoms with E-state index in [0.717, 1.165) is 23.0 Å². The zero-order valence-corrected chi connectivity index (χ0v) is 11.9. The number of H-pyrrole nitrogens is 1. The van der Waals surface area contributed by atoms with Crippen molar-refractivity contribution < 1.29 is 9.53 Å². The summed E-state index contributed by atoms with van der Waals surface area (Å²) < 4.78 is 5.41. The number of aromatic amines is 1. The van der Waals surface area contributed by atoms with Gasteiger partial charge >= 0.3 is 6.03 Å². The number of hydrogen-bond acceptors (Lipinski definition) is 2. The number of anilines is 1. The Bertz CT molecular complexity index is 563. The molecule has 108 valence electrons. The highest BCUT2D eigenvalue weighted by molar-refractivity contribution is 6.00.